The van der Waals surface area contributed by atoms with Crippen molar-refractivity contribution in [2.24, 2.45) is 5.73 Å². The Morgan fingerprint density at radius 1 is 1.15 bits per heavy atom. The fourth-order valence-corrected chi connectivity index (χ4v) is 2.21. The highest BCUT2D eigenvalue weighted by molar-refractivity contribution is 5.34. The highest BCUT2D eigenvalue weighted by atomic mass is 19.4. The maximum absolute atomic E-state index is 12.4. The molecule has 0 atom stereocenters. The molecule has 0 aliphatic heterocycles. The zero-order chi connectivity index (χ0) is 14.8. The monoisotopic (exact) mass is 282 g/mol. The Kier molecular flexibility index (Phi) is 4.06. The van der Waals surface area contributed by atoms with Crippen LogP contribution in [0.25, 0.3) is 0 Å². The van der Waals surface area contributed by atoms with Gasteiger partial charge in [-0.25, -0.2) is 0 Å². The summed E-state index contributed by atoms with van der Waals surface area (Å²) in [5.74, 6) is 0. The molecule has 1 aliphatic carbocycles. The quantitative estimate of drug-likeness (QED) is 0.887. The maximum Gasteiger partial charge on any atom is 0.416 e. The lowest BCUT2D eigenvalue weighted by Gasteiger charge is -2.21. The van der Waals surface area contributed by atoms with Gasteiger partial charge < -0.3 is 11.1 Å². The van der Waals surface area contributed by atoms with Crippen LogP contribution in [0.3, 0.4) is 0 Å². The van der Waals surface area contributed by atoms with Crippen molar-refractivity contribution in [2.45, 2.75) is 32.0 Å². The molecule has 1 aliphatic rings. The molecular weight excluding hydrogens is 265 g/mol. The molecule has 0 spiro atoms. The van der Waals surface area contributed by atoms with Crippen LogP contribution in [0.4, 0.5) is 13.2 Å². The summed E-state index contributed by atoms with van der Waals surface area (Å²) in [5.41, 5.74) is 8.63. The van der Waals surface area contributed by atoms with E-state index in [0.717, 1.165) is 53.9 Å². The van der Waals surface area contributed by atoms with Gasteiger partial charge in [-0.1, -0.05) is 18.7 Å². The van der Waals surface area contributed by atoms with Crippen molar-refractivity contribution < 1.29 is 13.2 Å². The Balaban J connectivity index is 2.03. The Hall–Kier alpha value is -1.91. The third-order valence-corrected chi connectivity index (χ3v) is 3.35. The third-order valence-electron chi connectivity index (χ3n) is 3.35. The van der Waals surface area contributed by atoms with Gasteiger partial charge in [-0.15, -0.1) is 0 Å². The number of benzene rings is 1. The van der Waals surface area contributed by atoms with Crippen LogP contribution in [0.1, 0.15) is 30.4 Å². The van der Waals surface area contributed by atoms with Crippen LogP contribution in [-0.4, -0.2) is 0 Å². The Morgan fingerprint density at radius 2 is 1.80 bits per heavy atom. The van der Waals surface area contributed by atoms with Gasteiger partial charge in [0.1, 0.15) is 0 Å². The van der Waals surface area contributed by atoms with Crippen LogP contribution in [0.2, 0.25) is 0 Å². The zero-order valence-electron chi connectivity index (χ0n) is 11.1. The standard InChI is InChI=1S/C15H17F3N2/c1-10-3-2-4-13(19)14(10)20-9-11-5-7-12(8-6-11)15(16,17)18/h5-8,20H,1-4,9,19H2. The first-order chi connectivity index (χ1) is 9.38. The Labute approximate surface area is 116 Å². The lowest BCUT2D eigenvalue weighted by Crippen LogP contribution is -2.22. The molecule has 2 nitrogen and oxygen atoms in total. The first-order valence-electron chi connectivity index (χ1n) is 6.44. The second-order valence-electron chi connectivity index (χ2n) is 4.91. The molecule has 0 heterocycles. The first-order valence-corrected chi connectivity index (χ1v) is 6.44. The summed E-state index contributed by atoms with van der Waals surface area (Å²) < 4.78 is 37.3. The largest absolute Gasteiger partial charge is 0.416 e. The average Bonchev–Trinajstić information content (AvgIpc) is 2.37. The van der Waals surface area contributed by atoms with E-state index in [0.29, 0.717) is 6.54 Å². The molecule has 0 saturated heterocycles. The molecule has 1 aromatic carbocycles. The van der Waals surface area contributed by atoms with E-state index in [9.17, 15) is 13.2 Å². The van der Waals surface area contributed by atoms with Crippen molar-refractivity contribution in [1.29, 1.82) is 0 Å². The number of allylic oxidation sites excluding steroid dienone is 2. The van der Waals surface area contributed by atoms with Crippen molar-refractivity contribution in [1.82, 2.24) is 5.32 Å². The molecule has 5 heteroatoms. The molecule has 1 aromatic rings. The maximum atomic E-state index is 12.4. The molecule has 108 valence electrons. The highest BCUT2D eigenvalue weighted by Gasteiger charge is 2.29. The van der Waals surface area contributed by atoms with Gasteiger partial charge >= 0.3 is 6.18 Å². The molecule has 0 aromatic heterocycles. The molecule has 0 unspecified atom stereocenters. The van der Waals surface area contributed by atoms with Crippen molar-refractivity contribution in [3.63, 3.8) is 0 Å². The van der Waals surface area contributed by atoms with Crippen LogP contribution in [0, 0.1) is 0 Å². The average molecular weight is 282 g/mol. The first kappa shape index (κ1) is 14.5. The number of alkyl halides is 3. The summed E-state index contributed by atoms with van der Waals surface area (Å²) in [4.78, 5) is 0. The summed E-state index contributed by atoms with van der Waals surface area (Å²) in [6.07, 6.45) is -1.57. The lowest BCUT2D eigenvalue weighted by atomic mass is 9.97. The smallest absolute Gasteiger partial charge is 0.400 e. The summed E-state index contributed by atoms with van der Waals surface area (Å²) >= 11 is 0. The van der Waals surface area contributed by atoms with E-state index < -0.39 is 11.7 Å². The van der Waals surface area contributed by atoms with E-state index in [1.54, 1.807) is 0 Å². The fraction of sp³-hybridized carbons (Fsp3) is 0.333. The number of nitrogens with two attached hydrogens (primary N) is 1. The Morgan fingerprint density at radius 3 is 2.35 bits per heavy atom. The molecule has 0 amide bonds. The minimum Gasteiger partial charge on any atom is -0.400 e. The van der Waals surface area contributed by atoms with Crippen LogP contribution in [0.15, 0.2) is 47.8 Å². The van der Waals surface area contributed by atoms with Crippen molar-refractivity contribution >= 4 is 0 Å². The summed E-state index contributed by atoms with van der Waals surface area (Å²) in [6.45, 7) is 4.39. The van der Waals surface area contributed by atoms with Crippen LogP contribution in [0.5, 0.6) is 0 Å². The second kappa shape index (κ2) is 5.61. The molecule has 3 N–H and O–H groups in total. The van der Waals surface area contributed by atoms with Crippen molar-refractivity contribution in [3.8, 4) is 0 Å². The van der Waals surface area contributed by atoms with Gasteiger partial charge in [0, 0.05) is 12.2 Å². The van der Waals surface area contributed by atoms with Gasteiger partial charge in [-0.05, 0) is 42.5 Å². The van der Waals surface area contributed by atoms with E-state index in [1.165, 1.54) is 12.1 Å². The normalized spacial score (nSPS) is 16.4. The number of halogens is 3. The van der Waals surface area contributed by atoms with Crippen LogP contribution >= 0.6 is 0 Å². The minimum absolute atomic E-state index is 0.438. The second-order valence-corrected chi connectivity index (χ2v) is 4.91. The minimum atomic E-state index is -4.30. The van der Waals surface area contributed by atoms with E-state index in [4.69, 9.17) is 5.73 Å². The number of hydrogen-bond donors (Lipinski definition) is 2. The summed E-state index contributed by atoms with van der Waals surface area (Å²) in [5, 5.41) is 3.17. The lowest BCUT2D eigenvalue weighted by molar-refractivity contribution is -0.137. The molecular formula is C15H17F3N2. The predicted octanol–water partition coefficient (Wildman–Crippen LogP) is 3.71. The predicted molar refractivity (Wildman–Crippen MR) is 72.5 cm³/mol. The van der Waals surface area contributed by atoms with Gasteiger partial charge in [0.2, 0.25) is 0 Å². The third kappa shape index (κ3) is 3.35. The van der Waals surface area contributed by atoms with Gasteiger partial charge in [0.15, 0.2) is 0 Å². The van der Waals surface area contributed by atoms with Gasteiger partial charge in [-0.3, -0.25) is 0 Å². The molecule has 2 rings (SSSR count). The molecule has 20 heavy (non-hydrogen) atoms. The van der Waals surface area contributed by atoms with Gasteiger partial charge in [0.05, 0.1) is 11.3 Å². The van der Waals surface area contributed by atoms with E-state index in [1.807, 2.05) is 0 Å². The summed E-state index contributed by atoms with van der Waals surface area (Å²) in [6, 6.07) is 5.12. The van der Waals surface area contributed by atoms with E-state index in [2.05, 4.69) is 11.9 Å². The zero-order valence-corrected chi connectivity index (χ0v) is 11.1. The fourth-order valence-electron chi connectivity index (χ4n) is 2.21. The molecule has 0 bridgehead atoms. The van der Waals surface area contributed by atoms with Crippen LogP contribution < -0.4 is 11.1 Å². The molecule has 0 radical (unpaired) electrons. The highest BCUT2D eigenvalue weighted by Crippen LogP contribution is 2.29. The topological polar surface area (TPSA) is 38.0 Å². The van der Waals surface area contributed by atoms with Gasteiger partial charge in [-0.2, -0.15) is 13.2 Å². The number of nitrogens with one attached hydrogen (secondary N) is 1. The van der Waals surface area contributed by atoms with E-state index >= 15 is 0 Å². The van der Waals surface area contributed by atoms with E-state index in [-0.39, 0.29) is 0 Å². The molecule has 0 saturated carbocycles. The number of rotatable bonds is 3. The number of hydrogen-bond acceptors (Lipinski definition) is 2. The molecule has 0 fully saturated rings. The SMILES string of the molecule is C=C1CCCC(N)=C1NCc1ccc(C(F)(F)F)cc1. The van der Waals surface area contributed by atoms with Crippen LogP contribution in [-0.2, 0) is 12.7 Å². The summed E-state index contributed by atoms with van der Waals surface area (Å²) in [7, 11) is 0. The van der Waals surface area contributed by atoms with Gasteiger partial charge in [0.25, 0.3) is 0 Å². The van der Waals surface area contributed by atoms with Crippen molar-refractivity contribution in [3.05, 3.63) is 58.9 Å². The van der Waals surface area contributed by atoms with Crippen molar-refractivity contribution in [2.75, 3.05) is 0 Å². The Bertz CT molecular complexity index is 527.